The first-order valence-electron chi connectivity index (χ1n) is 12.6. The van der Waals surface area contributed by atoms with Gasteiger partial charge in [-0.1, -0.05) is 12.1 Å². The van der Waals surface area contributed by atoms with Crippen LogP contribution >= 0.6 is 0 Å². The number of carbonyl (C=O) groups is 1. The van der Waals surface area contributed by atoms with Crippen molar-refractivity contribution in [3.8, 4) is 11.1 Å². The SMILES string of the molecule is O=C(Nc1cccc(N2CCN(c3ncnc4ccc(-c5cn[nH]c5)cc34)CC2)c1)C1CCCNC1. The van der Waals surface area contributed by atoms with Crippen molar-refractivity contribution in [2.75, 3.05) is 54.4 Å². The van der Waals surface area contributed by atoms with Crippen LogP contribution in [0.15, 0.2) is 61.2 Å². The van der Waals surface area contributed by atoms with Crippen molar-refractivity contribution in [2.24, 2.45) is 5.92 Å². The maximum Gasteiger partial charge on any atom is 0.228 e. The summed E-state index contributed by atoms with van der Waals surface area (Å²) in [5.41, 5.74) is 5.06. The zero-order chi connectivity index (χ0) is 24.3. The fraction of sp³-hybridized carbons (Fsp3) is 0.333. The highest BCUT2D eigenvalue weighted by Gasteiger charge is 2.23. The van der Waals surface area contributed by atoms with E-state index in [2.05, 4.69) is 64.9 Å². The third-order valence-corrected chi connectivity index (χ3v) is 7.17. The van der Waals surface area contributed by atoms with E-state index in [0.717, 1.165) is 91.3 Å². The molecular weight excluding hydrogens is 452 g/mol. The molecule has 3 N–H and O–H groups in total. The van der Waals surface area contributed by atoms with Crippen molar-refractivity contribution in [3.05, 3.63) is 61.2 Å². The van der Waals surface area contributed by atoms with Gasteiger partial charge in [0.05, 0.1) is 17.6 Å². The predicted molar refractivity (Wildman–Crippen MR) is 142 cm³/mol. The third-order valence-electron chi connectivity index (χ3n) is 7.17. The number of rotatable bonds is 5. The van der Waals surface area contributed by atoms with Gasteiger partial charge in [-0.05, 0) is 55.3 Å². The lowest BCUT2D eigenvalue weighted by molar-refractivity contribution is -0.120. The third kappa shape index (κ3) is 4.61. The van der Waals surface area contributed by atoms with Gasteiger partial charge in [0, 0.05) is 61.2 Å². The first-order chi connectivity index (χ1) is 17.7. The number of aromatic nitrogens is 4. The second kappa shape index (κ2) is 9.94. The van der Waals surface area contributed by atoms with Crippen LogP contribution in [0.3, 0.4) is 0 Å². The zero-order valence-corrected chi connectivity index (χ0v) is 20.2. The van der Waals surface area contributed by atoms with E-state index in [-0.39, 0.29) is 11.8 Å². The molecule has 9 nitrogen and oxygen atoms in total. The molecule has 6 rings (SSSR count). The summed E-state index contributed by atoms with van der Waals surface area (Å²) in [7, 11) is 0. The minimum Gasteiger partial charge on any atom is -0.368 e. The molecule has 184 valence electrons. The first kappa shape index (κ1) is 22.5. The monoisotopic (exact) mass is 482 g/mol. The number of hydrogen-bond acceptors (Lipinski definition) is 7. The predicted octanol–water partition coefficient (Wildman–Crippen LogP) is 3.28. The fourth-order valence-electron chi connectivity index (χ4n) is 5.16. The molecule has 1 atom stereocenters. The Labute approximate surface area is 209 Å². The van der Waals surface area contributed by atoms with Crippen LogP contribution in [-0.4, -0.2) is 65.3 Å². The van der Waals surface area contributed by atoms with E-state index in [4.69, 9.17) is 0 Å². The molecule has 9 heteroatoms. The van der Waals surface area contributed by atoms with E-state index in [9.17, 15) is 4.79 Å². The van der Waals surface area contributed by atoms with Crippen molar-refractivity contribution in [1.29, 1.82) is 0 Å². The molecule has 2 fully saturated rings. The van der Waals surface area contributed by atoms with Crippen LogP contribution in [0.5, 0.6) is 0 Å². The molecule has 1 amide bonds. The number of piperidine rings is 1. The lowest BCUT2D eigenvalue weighted by Gasteiger charge is -2.37. The van der Waals surface area contributed by atoms with Gasteiger partial charge >= 0.3 is 0 Å². The molecule has 36 heavy (non-hydrogen) atoms. The van der Waals surface area contributed by atoms with Gasteiger partial charge in [-0.2, -0.15) is 5.10 Å². The minimum atomic E-state index is 0.0441. The number of hydrogen-bond donors (Lipinski definition) is 3. The van der Waals surface area contributed by atoms with Crippen molar-refractivity contribution in [1.82, 2.24) is 25.5 Å². The molecule has 4 aromatic rings. The molecule has 0 spiro atoms. The van der Waals surface area contributed by atoms with Gasteiger partial charge < -0.3 is 20.4 Å². The Morgan fingerprint density at radius 2 is 1.89 bits per heavy atom. The first-order valence-corrected chi connectivity index (χ1v) is 12.6. The molecule has 0 saturated carbocycles. The second-order valence-electron chi connectivity index (χ2n) is 9.47. The quantitative estimate of drug-likeness (QED) is 0.401. The second-order valence-corrected chi connectivity index (χ2v) is 9.47. The number of anilines is 3. The van der Waals surface area contributed by atoms with E-state index in [1.807, 2.05) is 30.6 Å². The van der Waals surface area contributed by atoms with E-state index in [0.29, 0.717) is 0 Å². The average Bonchev–Trinajstić information content (AvgIpc) is 3.48. The molecule has 2 aromatic heterocycles. The molecule has 2 aliphatic heterocycles. The van der Waals surface area contributed by atoms with Crippen molar-refractivity contribution in [2.45, 2.75) is 12.8 Å². The summed E-state index contributed by atoms with van der Waals surface area (Å²) >= 11 is 0. The molecule has 4 heterocycles. The topological polar surface area (TPSA) is 102 Å². The average molecular weight is 483 g/mol. The summed E-state index contributed by atoms with van der Waals surface area (Å²) in [6, 6.07) is 14.5. The summed E-state index contributed by atoms with van der Waals surface area (Å²) in [5.74, 6) is 1.12. The largest absolute Gasteiger partial charge is 0.368 e. The Hall–Kier alpha value is -3.98. The Balaban J connectivity index is 1.15. The summed E-state index contributed by atoms with van der Waals surface area (Å²) < 4.78 is 0. The Morgan fingerprint density at radius 3 is 2.69 bits per heavy atom. The number of carbonyl (C=O) groups excluding carboxylic acids is 1. The Kier molecular flexibility index (Phi) is 6.21. The molecule has 0 radical (unpaired) electrons. The number of H-pyrrole nitrogens is 1. The molecular formula is C27H30N8O. The van der Waals surface area contributed by atoms with Crippen LogP contribution in [0.4, 0.5) is 17.2 Å². The highest BCUT2D eigenvalue weighted by molar-refractivity contribution is 5.94. The van der Waals surface area contributed by atoms with Crippen LogP contribution in [0.1, 0.15) is 12.8 Å². The van der Waals surface area contributed by atoms with Crippen molar-refractivity contribution in [3.63, 3.8) is 0 Å². The number of amides is 1. The standard InChI is InChI=1S/C27H30N8O/c36-27(20-3-2-8-28-15-20)33-22-4-1-5-23(14-22)34-9-11-35(12-10-34)26-24-13-19(21-16-31-32-17-21)6-7-25(24)29-18-30-26/h1,4-7,13-14,16-18,20,28H,2-3,8-12,15H2,(H,31,32)(H,33,36). The normalized spacial score (nSPS) is 18.4. The van der Waals surface area contributed by atoms with E-state index in [1.54, 1.807) is 6.33 Å². The minimum absolute atomic E-state index is 0.0441. The lowest BCUT2D eigenvalue weighted by atomic mass is 9.99. The summed E-state index contributed by atoms with van der Waals surface area (Å²) in [6.45, 7) is 5.21. The van der Waals surface area contributed by atoms with Crippen LogP contribution in [0.2, 0.25) is 0 Å². The van der Waals surface area contributed by atoms with Crippen LogP contribution in [0, 0.1) is 5.92 Å². The van der Waals surface area contributed by atoms with E-state index < -0.39 is 0 Å². The molecule has 0 aliphatic carbocycles. The van der Waals surface area contributed by atoms with Gasteiger partial charge in [0.15, 0.2) is 0 Å². The van der Waals surface area contributed by atoms with Gasteiger partial charge in [-0.15, -0.1) is 0 Å². The molecule has 1 unspecified atom stereocenters. The van der Waals surface area contributed by atoms with E-state index >= 15 is 0 Å². The Morgan fingerprint density at radius 1 is 1.00 bits per heavy atom. The highest BCUT2D eigenvalue weighted by atomic mass is 16.1. The van der Waals surface area contributed by atoms with Crippen molar-refractivity contribution < 1.29 is 4.79 Å². The van der Waals surface area contributed by atoms with Crippen molar-refractivity contribution >= 4 is 34.0 Å². The van der Waals surface area contributed by atoms with Crippen LogP contribution in [-0.2, 0) is 4.79 Å². The summed E-state index contributed by atoms with van der Waals surface area (Å²) in [4.78, 5) is 26.5. The molecule has 0 bridgehead atoms. The number of benzene rings is 2. The fourth-order valence-corrected chi connectivity index (χ4v) is 5.16. The summed E-state index contributed by atoms with van der Waals surface area (Å²) in [5, 5.41) is 14.4. The summed E-state index contributed by atoms with van der Waals surface area (Å²) in [6.07, 6.45) is 7.37. The number of fused-ring (bicyclic) bond motifs is 1. The van der Waals surface area contributed by atoms with Gasteiger partial charge in [0.1, 0.15) is 12.1 Å². The molecule has 2 saturated heterocycles. The van der Waals surface area contributed by atoms with Crippen LogP contribution in [0.25, 0.3) is 22.0 Å². The van der Waals surface area contributed by atoms with Gasteiger partial charge in [0.2, 0.25) is 5.91 Å². The molecule has 2 aromatic carbocycles. The van der Waals surface area contributed by atoms with Gasteiger partial charge in [0.25, 0.3) is 0 Å². The van der Waals surface area contributed by atoms with Gasteiger partial charge in [-0.3, -0.25) is 9.89 Å². The maximum absolute atomic E-state index is 12.7. The Bertz CT molecular complexity index is 1340. The number of piperazine rings is 1. The maximum atomic E-state index is 12.7. The zero-order valence-electron chi connectivity index (χ0n) is 20.2. The lowest BCUT2D eigenvalue weighted by Crippen LogP contribution is -2.47. The highest BCUT2D eigenvalue weighted by Crippen LogP contribution is 2.30. The van der Waals surface area contributed by atoms with Crippen LogP contribution < -0.4 is 20.4 Å². The smallest absolute Gasteiger partial charge is 0.228 e. The molecule has 2 aliphatic rings. The number of nitrogens with one attached hydrogen (secondary N) is 3. The number of aromatic amines is 1. The van der Waals surface area contributed by atoms with Gasteiger partial charge in [-0.25, -0.2) is 9.97 Å². The number of nitrogens with zero attached hydrogens (tertiary/aromatic N) is 5. The van der Waals surface area contributed by atoms with E-state index in [1.165, 1.54) is 0 Å².